The lowest BCUT2D eigenvalue weighted by Crippen LogP contribution is -2.48. The van der Waals surface area contributed by atoms with Gasteiger partial charge in [-0.05, 0) is 39.0 Å². The van der Waals surface area contributed by atoms with Crippen molar-refractivity contribution in [3.63, 3.8) is 0 Å². The molecule has 1 amide bonds. The Morgan fingerprint density at radius 2 is 2.00 bits per heavy atom. The van der Waals surface area contributed by atoms with Gasteiger partial charge in [-0.25, -0.2) is 8.42 Å². The first-order chi connectivity index (χ1) is 11.2. The van der Waals surface area contributed by atoms with Gasteiger partial charge in [0, 0.05) is 13.2 Å². The quantitative estimate of drug-likeness (QED) is 0.680. The van der Waals surface area contributed by atoms with Gasteiger partial charge in [-0.1, -0.05) is 11.6 Å². The summed E-state index contributed by atoms with van der Waals surface area (Å²) in [5.74, 6) is -0.0440. The Morgan fingerprint density at radius 3 is 2.54 bits per heavy atom. The Morgan fingerprint density at radius 1 is 1.33 bits per heavy atom. The summed E-state index contributed by atoms with van der Waals surface area (Å²) in [6.45, 7) is 5.77. The molecule has 0 bridgehead atoms. The van der Waals surface area contributed by atoms with Crippen molar-refractivity contribution >= 4 is 27.5 Å². The highest BCUT2D eigenvalue weighted by Crippen LogP contribution is 2.27. The lowest BCUT2D eigenvalue weighted by Gasteiger charge is -2.18. The number of sulfonamides is 1. The summed E-state index contributed by atoms with van der Waals surface area (Å²) in [6.07, 6.45) is 0. The van der Waals surface area contributed by atoms with Crippen molar-refractivity contribution in [2.45, 2.75) is 37.8 Å². The van der Waals surface area contributed by atoms with E-state index < -0.39 is 22.0 Å². The van der Waals surface area contributed by atoms with Crippen LogP contribution in [0.4, 0.5) is 0 Å². The van der Waals surface area contributed by atoms with Crippen molar-refractivity contribution < 1.29 is 22.7 Å². The molecule has 0 aliphatic heterocycles. The molecule has 0 saturated carbocycles. The number of amides is 1. The van der Waals surface area contributed by atoms with E-state index in [1.807, 2.05) is 0 Å². The van der Waals surface area contributed by atoms with Crippen LogP contribution in [0.15, 0.2) is 23.1 Å². The van der Waals surface area contributed by atoms with Crippen LogP contribution in [0.3, 0.4) is 0 Å². The lowest BCUT2D eigenvalue weighted by molar-refractivity contribution is -0.123. The van der Waals surface area contributed by atoms with E-state index in [1.54, 1.807) is 13.8 Å². The molecule has 0 radical (unpaired) electrons. The number of methoxy groups -OCH3 is 1. The number of rotatable bonds is 9. The fraction of sp³-hybridized carbons (Fsp3) is 0.533. The van der Waals surface area contributed by atoms with E-state index in [0.717, 1.165) is 0 Å². The third kappa shape index (κ3) is 5.94. The van der Waals surface area contributed by atoms with Gasteiger partial charge in [-0.2, -0.15) is 4.72 Å². The van der Waals surface area contributed by atoms with Gasteiger partial charge in [0.25, 0.3) is 0 Å². The van der Waals surface area contributed by atoms with E-state index >= 15 is 0 Å². The topological polar surface area (TPSA) is 93.7 Å². The molecular weight excluding hydrogens is 356 g/mol. The van der Waals surface area contributed by atoms with Crippen LogP contribution in [0.2, 0.25) is 5.02 Å². The number of hydrogen-bond acceptors (Lipinski definition) is 5. The van der Waals surface area contributed by atoms with E-state index in [0.29, 0.717) is 19.0 Å². The average Bonchev–Trinajstić information content (AvgIpc) is 2.49. The molecular formula is C15H23ClN2O5S. The minimum absolute atomic E-state index is 0.0412. The summed E-state index contributed by atoms with van der Waals surface area (Å²) in [4.78, 5) is 12.0. The molecule has 1 aromatic carbocycles. The van der Waals surface area contributed by atoms with Crippen LogP contribution in [0.1, 0.15) is 20.8 Å². The number of carbonyl (C=O) groups is 1. The van der Waals surface area contributed by atoms with E-state index in [4.69, 9.17) is 21.1 Å². The zero-order valence-electron chi connectivity index (χ0n) is 14.1. The smallest absolute Gasteiger partial charge is 0.241 e. The van der Waals surface area contributed by atoms with Gasteiger partial charge in [-0.3, -0.25) is 4.79 Å². The first-order valence-electron chi connectivity index (χ1n) is 7.45. The Balaban J connectivity index is 2.82. The summed E-state index contributed by atoms with van der Waals surface area (Å²) < 4.78 is 37.2. The van der Waals surface area contributed by atoms with E-state index in [2.05, 4.69) is 10.0 Å². The molecule has 0 aromatic heterocycles. The number of hydrogen-bond donors (Lipinski definition) is 2. The fourth-order valence-electron chi connectivity index (χ4n) is 1.94. The fourth-order valence-corrected chi connectivity index (χ4v) is 3.46. The first-order valence-corrected chi connectivity index (χ1v) is 9.31. The van der Waals surface area contributed by atoms with Gasteiger partial charge >= 0.3 is 0 Å². The van der Waals surface area contributed by atoms with E-state index in [9.17, 15) is 13.2 Å². The molecule has 0 fully saturated rings. The molecule has 0 saturated heterocycles. The highest BCUT2D eigenvalue weighted by molar-refractivity contribution is 7.89. The molecule has 9 heteroatoms. The number of benzene rings is 1. The second kappa shape index (κ2) is 9.22. The zero-order valence-corrected chi connectivity index (χ0v) is 15.7. The van der Waals surface area contributed by atoms with Crippen molar-refractivity contribution in [2.75, 3.05) is 20.3 Å². The molecule has 0 aliphatic rings. The number of halogens is 1. The van der Waals surface area contributed by atoms with Crippen LogP contribution in [-0.2, 0) is 19.6 Å². The SMILES string of the molecule is CCOc1ccc(S(=O)(=O)N[C@@H](C)C(=O)N[C@@H](C)COC)cc1Cl. The Bertz CT molecular complexity index is 666. The second-order valence-electron chi connectivity index (χ2n) is 5.23. The van der Waals surface area contributed by atoms with Gasteiger partial charge < -0.3 is 14.8 Å². The molecule has 0 unspecified atom stereocenters. The summed E-state index contributed by atoms with van der Waals surface area (Å²) in [6, 6.07) is 2.96. The van der Waals surface area contributed by atoms with Crippen molar-refractivity contribution in [3.8, 4) is 5.75 Å². The molecule has 2 atom stereocenters. The molecule has 2 N–H and O–H groups in total. The first kappa shape index (κ1) is 20.7. The van der Waals surface area contributed by atoms with Crippen molar-refractivity contribution in [1.82, 2.24) is 10.0 Å². The number of nitrogens with one attached hydrogen (secondary N) is 2. The van der Waals surface area contributed by atoms with Crippen LogP contribution < -0.4 is 14.8 Å². The van der Waals surface area contributed by atoms with Crippen LogP contribution in [0.5, 0.6) is 5.75 Å². The zero-order chi connectivity index (χ0) is 18.3. The monoisotopic (exact) mass is 378 g/mol. The van der Waals surface area contributed by atoms with Crippen LogP contribution >= 0.6 is 11.6 Å². The summed E-state index contributed by atoms with van der Waals surface area (Å²) >= 11 is 6.01. The van der Waals surface area contributed by atoms with Crippen molar-refractivity contribution in [1.29, 1.82) is 0 Å². The summed E-state index contributed by atoms with van der Waals surface area (Å²) in [7, 11) is -2.37. The Labute approximate surface area is 147 Å². The van der Waals surface area contributed by atoms with Crippen LogP contribution in [-0.4, -0.2) is 46.7 Å². The normalized spacial score (nSPS) is 14.0. The van der Waals surface area contributed by atoms with Gasteiger partial charge in [0.1, 0.15) is 5.75 Å². The standard InChI is InChI=1S/C15H23ClN2O5S/c1-5-23-14-7-6-12(8-13(14)16)24(20,21)18-11(3)15(19)17-10(2)9-22-4/h6-8,10-11,18H,5,9H2,1-4H3,(H,17,19)/t10-,11-/m0/s1. The van der Waals surface area contributed by atoms with Crippen molar-refractivity contribution in [3.05, 3.63) is 23.2 Å². The molecule has 0 heterocycles. The number of ether oxygens (including phenoxy) is 2. The van der Waals surface area contributed by atoms with Gasteiger partial charge in [0.15, 0.2) is 0 Å². The Hall–Kier alpha value is -1.35. The predicted octanol–water partition coefficient (Wildman–Crippen LogP) is 1.56. The molecule has 0 spiro atoms. The molecule has 1 rings (SSSR count). The van der Waals surface area contributed by atoms with E-state index in [1.165, 1.54) is 32.2 Å². The number of carbonyl (C=O) groups excluding carboxylic acids is 1. The molecule has 7 nitrogen and oxygen atoms in total. The third-order valence-corrected chi connectivity index (χ3v) is 4.88. The van der Waals surface area contributed by atoms with Crippen LogP contribution in [0.25, 0.3) is 0 Å². The van der Waals surface area contributed by atoms with Crippen molar-refractivity contribution in [2.24, 2.45) is 0 Å². The second-order valence-corrected chi connectivity index (χ2v) is 7.35. The molecule has 1 aromatic rings. The minimum atomic E-state index is -3.89. The summed E-state index contributed by atoms with van der Waals surface area (Å²) in [5.41, 5.74) is 0. The Kier molecular flexibility index (Phi) is 7.95. The highest BCUT2D eigenvalue weighted by atomic mass is 35.5. The highest BCUT2D eigenvalue weighted by Gasteiger charge is 2.23. The summed E-state index contributed by atoms with van der Waals surface area (Å²) in [5, 5.41) is 2.84. The average molecular weight is 379 g/mol. The predicted molar refractivity (Wildman–Crippen MR) is 91.9 cm³/mol. The lowest BCUT2D eigenvalue weighted by atomic mass is 10.3. The van der Waals surface area contributed by atoms with Crippen LogP contribution in [0, 0.1) is 0 Å². The largest absolute Gasteiger partial charge is 0.492 e. The maximum Gasteiger partial charge on any atom is 0.241 e. The molecule has 136 valence electrons. The van der Waals surface area contributed by atoms with Gasteiger partial charge in [-0.15, -0.1) is 0 Å². The van der Waals surface area contributed by atoms with Gasteiger partial charge in [0.2, 0.25) is 15.9 Å². The van der Waals surface area contributed by atoms with Gasteiger partial charge in [0.05, 0.1) is 29.2 Å². The molecule has 24 heavy (non-hydrogen) atoms. The minimum Gasteiger partial charge on any atom is -0.492 e. The maximum atomic E-state index is 12.4. The van der Waals surface area contributed by atoms with E-state index in [-0.39, 0.29) is 16.0 Å². The third-order valence-electron chi connectivity index (χ3n) is 3.04. The maximum absolute atomic E-state index is 12.4. The molecule has 0 aliphatic carbocycles.